The molecule has 10 nitrogen and oxygen atoms in total. The number of nitrogens with one attached hydrogen (secondary N) is 3. The number of aromatic nitrogens is 3. The zero-order valence-corrected chi connectivity index (χ0v) is 23.7. The van der Waals surface area contributed by atoms with E-state index in [9.17, 15) is 9.59 Å². The van der Waals surface area contributed by atoms with Gasteiger partial charge in [-0.2, -0.15) is 0 Å². The molecular formula is C31H37N7O3. The first-order valence-corrected chi connectivity index (χ1v) is 14.1. The van der Waals surface area contributed by atoms with Crippen molar-refractivity contribution in [3.8, 4) is 17.1 Å². The molecule has 0 aliphatic carbocycles. The number of rotatable bonds is 11. The number of methoxy groups -OCH3 is 1. The van der Waals surface area contributed by atoms with Crippen molar-refractivity contribution in [2.75, 3.05) is 58.2 Å². The maximum atomic E-state index is 13.5. The highest BCUT2D eigenvalue weighted by molar-refractivity contribution is 6.00. The van der Waals surface area contributed by atoms with Gasteiger partial charge in [0.15, 0.2) is 5.82 Å². The summed E-state index contributed by atoms with van der Waals surface area (Å²) in [4.78, 5) is 41.8. The fourth-order valence-corrected chi connectivity index (χ4v) is 5.07. The van der Waals surface area contributed by atoms with Crippen LogP contribution >= 0.6 is 0 Å². The van der Waals surface area contributed by atoms with E-state index in [2.05, 4.69) is 32.7 Å². The number of amides is 2. The highest BCUT2D eigenvalue weighted by atomic mass is 16.5. The third kappa shape index (κ3) is 7.20. The smallest absolute Gasteiger partial charge is 0.270 e. The topological polar surface area (TPSA) is 115 Å². The fraction of sp³-hybridized carbons (Fsp3) is 0.355. The zero-order valence-electron chi connectivity index (χ0n) is 23.7. The molecule has 3 N–H and O–H groups in total. The van der Waals surface area contributed by atoms with Crippen LogP contribution in [0, 0.1) is 0 Å². The van der Waals surface area contributed by atoms with E-state index >= 15 is 0 Å². The molecule has 1 fully saturated rings. The van der Waals surface area contributed by atoms with Crippen LogP contribution in [0.1, 0.15) is 29.4 Å². The van der Waals surface area contributed by atoms with Crippen LogP contribution < -0.4 is 15.4 Å². The van der Waals surface area contributed by atoms with E-state index in [1.165, 1.54) is 12.5 Å². The molecule has 1 aliphatic heterocycles. The lowest BCUT2D eigenvalue weighted by molar-refractivity contribution is -0.118. The van der Waals surface area contributed by atoms with Crippen molar-refractivity contribution < 1.29 is 14.3 Å². The van der Waals surface area contributed by atoms with Crippen LogP contribution in [0.25, 0.3) is 22.4 Å². The summed E-state index contributed by atoms with van der Waals surface area (Å²) in [6, 6.07) is 19.8. The molecule has 10 heteroatoms. The molecular weight excluding hydrogens is 518 g/mol. The molecule has 2 aromatic carbocycles. The highest BCUT2D eigenvalue weighted by Crippen LogP contribution is 2.26. The Balaban J connectivity index is 1.23. The number of H-pyrrole nitrogens is 1. The molecule has 2 aromatic heterocycles. The maximum absolute atomic E-state index is 13.5. The zero-order chi connectivity index (χ0) is 28.6. The first kappa shape index (κ1) is 28.1. The van der Waals surface area contributed by atoms with Crippen LogP contribution in [-0.4, -0.2) is 89.5 Å². The number of aromatic amines is 1. The summed E-state index contributed by atoms with van der Waals surface area (Å²) in [5.41, 5.74) is 3.25. The van der Waals surface area contributed by atoms with Crippen molar-refractivity contribution in [3.63, 3.8) is 0 Å². The van der Waals surface area contributed by atoms with E-state index < -0.39 is 0 Å². The van der Waals surface area contributed by atoms with Gasteiger partial charge in [-0.15, -0.1) is 0 Å². The number of carbonyl (C=O) groups is 2. The Morgan fingerprint density at radius 3 is 2.54 bits per heavy atom. The van der Waals surface area contributed by atoms with Gasteiger partial charge < -0.3 is 25.3 Å². The Labute approximate surface area is 240 Å². The number of hydrogen-bond donors (Lipinski definition) is 3. The van der Waals surface area contributed by atoms with Crippen molar-refractivity contribution in [3.05, 3.63) is 71.9 Å². The number of ether oxygens (including phenoxy) is 1. The second-order valence-electron chi connectivity index (χ2n) is 10.2. The minimum Gasteiger partial charge on any atom is -0.497 e. The summed E-state index contributed by atoms with van der Waals surface area (Å²) in [5.74, 6) is 1.95. The minimum absolute atomic E-state index is 0.0375. The van der Waals surface area contributed by atoms with Crippen LogP contribution in [0.15, 0.2) is 60.7 Å². The lowest BCUT2D eigenvalue weighted by Gasteiger charge is -2.34. The van der Waals surface area contributed by atoms with Crippen molar-refractivity contribution in [1.82, 2.24) is 30.1 Å². The van der Waals surface area contributed by atoms with E-state index in [4.69, 9.17) is 14.7 Å². The predicted molar refractivity (Wildman–Crippen MR) is 160 cm³/mol. The average Bonchev–Trinajstić information content (AvgIpc) is 3.44. The molecule has 0 radical (unpaired) electrons. The average molecular weight is 556 g/mol. The van der Waals surface area contributed by atoms with Crippen molar-refractivity contribution in [2.24, 2.45) is 0 Å². The van der Waals surface area contributed by atoms with E-state index in [1.807, 2.05) is 53.4 Å². The van der Waals surface area contributed by atoms with E-state index in [0.29, 0.717) is 49.2 Å². The molecule has 1 aliphatic rings. The molecule has 0 bridgehead atoms. The summed E-state index contributed by atoms with van der Waals surface area (Å²) in [7, 11) is 1.69. The van der Waals surface area contributed by atoms with Gasteiger partial charge in [-0.1, -0.05) is 42.5 Å². The molecule has 1 saturated heterocycles. The van der Waals surface area contributed by atoms with Gasteiger partial charge in [0.05, 0.1) is 12.5 Å². The van der Waals surface area contributed by atoms with Gasteiger partial charge in [0.2, 0.25) is 5.91 Å². The molecule has 214 valence electrons. The van der Waals surface area contributed by atoms with E-state index in [0.717, 1.165) is 49.2 Å². The number of piperazine rings is 1. The molecule has 0 saturated carbocycles. The van der Waals surface area contributed by atoms with Crippen LogP contribution in [0.2, 0.25) is 0 Å². The van der Waals surface area contributed by atoms with Crippen molar-refractivity contribution in [2.45, 2.75) is 19.8 Å². The Morgan fingerprint density at radius 2 is 1.78 bits per heavy atom. The maximum Gasteiger partial charge on any atom is 0.270 e. The fourth-order valence-electron chi connectivity index (χ4n) is 5.07. The molecule has 0 atom stereocenters. The number of hydrogen-bond acceptors (Lipinski definition) is 7. The third-order valence-electron chi connectivity index (χ3n) is 7.27. The lowest BCUT2D eigenvalue weighted by Crippen LogP contribution is -2.49. The van der Waals surface area contributed by atoms with Crippen LogP contribution in [0.3, 0.4) is 0 Å². The summed E-state index contributed by atoms with van der Waals surface area (Å²) >= 11 is 0. The van der Waals surface area contributed by atoms with Crippen LogP contribution in [0.5, 0.6) is 5.75 Å². The number of fused-ring (bicyclic) bond motifs is 1. The number of anilines is 1. The summed E-state index contributed by atoms with van der Waals surface area (Å²) in [6.45, 7) is 6.48. The quantitative estimate of drug-likeness (QED) is 0.242. The van der Waals surface area contributed by atoms with Gasteiger partial charge in [0, 0.05) is 51.8 Å². The number of nitrogens with zero attached hydrogens (tertiary/aromatic N) is 4. The van der Waals surface area contributed by atoms with Crippen LogP contribution in [-0.2, 0) is 11.2 Å². The van der Waals surface area contributed by atoms with E-state index in [-0.39, 0.29) is 11.8 Å². The first-order chi connectivity index (χ1) is 20.0. The molecule has 5 rings (SSSR count). The van der Waals surface area contributed by atoms with Gasteiger partial charge >= 0.3 is 0 Å². The van der Waals surface area contributed by atoms with Gasteiger partial charge in [-0.05, 0) is 43.1 Å². The molecule has 3 heterocycles. The van der Waals surface area contributed by atoms with Gasteiger partial charge in [-0.25, -0.2) is 9.97 Å². The van der Waals surface area contributed by atoms with Gasteiger partial charge in [-0.3, -0.25) is 14.5 Å². The SMILES string of the molecule is COc1cccc(CCCN2CCN(C(=O)c3cc4c(NCCNC(C)=O)nc(-c5ccccc5)nc4[nH]3)CC2)c1. The summed E-state index contributed by atoms with van der Waals surface area (Å²) in [5, 5.41) is 6.83. The Hall–Kier alpha value is -4.44. The number of benzene rings is 2. The van der Waals surface area contributed by atoms with Crippen LogP contribution in [0.4, 0.5) is 5.82 Å². The summed E-state index contributed by atoms with van der Waals surface area (Å²) < 4.78 is 5.33. The Morgan fingerprint density at radius 1 is 0.976 bits per heavy atom. The monoisotopic (exact) mass is 555 g/mol. The standard InChI is InChI=1S/C31H37N7O3/c1-22(39)32-13-14-33-29-26-21-27(34-30(26)36-28(35-29)24-10-4-3-5-11-24)31(40)38-18-16-37(17-19-38)15-7-9-23-8-6-12-25(20-23)41-2/h3-6,8,10-12,20-21H,7,9,13-19H2,1-2H3,(H,32,39)(H2,33,34,35,36). The Kier molecular flexibility index (Phi) is 9.10. The normalized spacial score (nSPS) is 13.8. The third-order valence-corrected chi connectivity index (χ3v) is 7.27. The Bertz CT molecular complexity index is 1480. The summed E-state index contributed by atoms with van der Waals surface area (Å²) in [6.07, 6.45) is 2.06. The predicted octanol–water partition coefficient (Wildman–Crippen LogP) is 3.57. The second-order valence-corrected chi connectivity index (χ2v) is 10.2. The largest absolute Gasteiger partial charge is 0.497 e. The highest BCUT2D eigenvalue weighted by Gasteiger charge is 2.24. The lowest BCUT2D eigenvalue weighted by atomic mass is 10.1. The molecule has 41 heavy (non-hydrogen) atoms. The first-order valence-electron chi connectivity index (χ1n) is 14.1. The van der Waals surface area contributed by atoms with E-state index in [1.54, 1.807) is 7.11 Å². The second kappa shape index (κ2) is 13.3. The molecule has 4 aromatic rings. The number of aryl methyl sites for hydroxylation is 1. The van der Waals surface area contributed by atoms with Crippen molar-refractivity contribution in [1.29, 1.82) is 0 Å². The molecule has 2 amide bonds. The number of carbonyl (C=O) groups excluding carboxylic acids is 2. The molecule has 0 unspecified atom stereocenters. The van der Waals surface area contributed by atoms with Gasteiger partial charge in [0.1, 0.15) is 22.9 Å². The van der Waals surface area contributed by atoms with Crippen molar-refractivity contribution >= 4 is 28.7 Å². The minimum atomic E-state index is -0.0869. The molecule has 0 spiro atoms. The van der Waals surface area contributed by atoms with Gasteiger partial charge in [0.25, 0.3) is 5.91 Å².